The van der Waals surface area contributed by atoms with Crippen LogP contribution in [0.4, 0.5) is 5.69 Å². The number of carbonyl (C=O) groups is 2. The lowest BCUT2D eigenvalue weighted by Crippen LogP contribution is -2.14. The first kappa shape index (κ1) is 22.1. The predicted octanol–water partition coefficient (Wildman–Crippen LogP) is 5.99. The molecule has 0 saturated carbocycles. The highest BCUT2D eigenvalue weighted by atomic mass is 79.9. The number of fused-ring (bicyclic) bond motifs is 1. The fourth-order valence-electron chi connectivity index (χ4n) is 3.29. The van der Waals surface area contributed by atoms with Crippen LogP contribution in [0.2, 0.25) is 0 Å². The van der Waals surface area contributed by atoms with Gasteiger partial charge < -0.3 is 14.8 Å². The Morgan fingerprint density at radius 2 is 2.00 bits per heavy atom. The molecule has 1 N–H and O–H groups in total. The Kier molecular flexibility index (Phi) is 7.54. The van der Waals surface area contributed by atoms with Crippen LogP contribution in [-0.2, 0) is 22.4 Å². The molecule has 0 spiro atoms. The molecule has 3 rings (SSSR count). The molecular formula is C21H21Br2NO4S. The van der Waals surface area contributed by atoms with Crippen molar-refractivity contribution in [2.75, 3.05) is 19.0 Å². The summed E-state index contributed by atoms with van der Waals surface area (Å²) in [6.07, 6.45) is 7.07. The van der Waals surface area contributed by atoms with E-state index >= 15 is 0 Å². The lowest BCUT2D eigenvalue weighted by Gasteiger charge is -2.13. The van der Waals surface area contributed by atoms with Gasteiger partial charge in [-0.15, -0.1) is 11.3 Å². The first-order valence-electron chi connectivity index (χ1n) is 9.28. The number of rotatable bonds is 6. The molecule has 8 heteroatoms. The maximum Gasteiger partial charge on any atom is 0.350 e. The average Bonchev–Trinajstić information content (AvgIpc) is 3.05. The molecule has 1 aliphatic carbocycles. The maximum atomic E-state index is 12.7. The molecule has 2 aromatic rings. The van der Waals surface area contributed by atoms with Gasteiger partial charge in [-0.2, -0.15) is 0 Å². The first-order valence-corrected chi connectivity index (χ1v) is 11.7. The second-order valence-electron chi connectivity index (χ2n) is 6.47. The van der Waals surface area contributed by atoms with Crippen molar-refractivity contribution >= 4 is 66.8 Å². The van der Waals surface area contributed by atoms with Gasteiger partial charge in [-0.05, 0) is 72.3 Å². The minimum Gasteiger partial charge on any atom is -0.495 e. The molecule has 5 nitrogen and oxygen atoms in total. The third-order valence-electron chi connectivity index (χ3n) is 4.54. The van der Waals surface area contributed by atoms with E-state index in [2.05, 4.69) is 37.2 Å². The smallest absolute Gasteiger partial charge is 0.350 e. The van der Waals surface area contributed by atoms with E-state index in [9.17, 15) is 9.59 Å². The molecule has 1 aromatic heterocycles. The molecule has 0 atom stereocenters. The highest BCUT2D eigenvalue weighted by Gasteiger charge is 2.26. The zero-order valence-electron chi connectivity index (χ0n) is 16.1. The van der Waals surface area contributed by atoms with E-state index in [1.54, 1.807) is 20.1 Å². The molecule has 0 aliphatic heterocycles. The topological polar surface area (TPSA) is 64.6 Å². The summed E-state index contributed by atoms with van der Waals surface area (Å²) < 4.78 is 12.2. The number of hydrogen-bond donors (Lipinski definition) is 1. The van der Waals surface area contributed by atoms with Gasteiger partial charge in [0.1, 0.15) is 10.6 Å². The monoisotopic (exact) mass is 541 g/mol. The largest absolute Gasteiger partial charge is 0.495 e. The molecule has 1 aliphatic rings. The van der Waals surface area contributed by atoms with Gasteiger partial charge in [0.2, 0.25) is 5.91 Å². The van der Waals surface area contributed by atoms with Crippen LogP contribution in [0.25, 0.3) is 6.08 Å². The van der Waals surface area contributed by atoms with Crippen LogP contribution < -0.4 is 10.1 Å². The van der Waals surface area contributed by atoms with Gasteiger partial charge in [0.25, 0.3) is 0 Å². The maximum absolute atomic E-state index is 12.7. The Morgan fingerprint density at radius 1 is 1.24 bits per heavy atom. The summed E-state index contributed by atoms with van der Waals surface area (Å²) in [6.45, 7) is 2.07. The van der Waals surface area contributed by atoms with Gasteiger partial charge in [-0.3, -0.25) is 4.79 Å². The summed E-state index contributed by atoms with van der Waals surface area (Å²) in [5, 5.41) is 2.91. The van der Waals surface area contributed by atoms with E-state index < -0.39 is 0 Å². The van der Waals surface area contributed by atoms with Crippen molar-refractivity contribution in [2.45, 2.75) is 32.6 Å². The van der Waals surface area contributed by atoms with Crippen molar-refractivity contribution in [3.05, 3.63) is 48.0 Å². The van der Waals surface area contributed by atoms with Crippen molar-refractivity contribution < 1.29 is 19.1 Å². The second-order valence-corrected chi connectivity index (χ2v) is 9.34. The number of thiophene rings is 1. The number of anilines is 1. The number of esters is 1. The van der Waals surface area contributed by atoms with Gasteiger partial charge in [-0.25, -0.2) is 4.79 Å². The summed E-state index contributed by atoms with van der Waals surface area (Å²) in [5.41, 5.74) is 2.41. The molecule has 154 valence electrons. The van der Waals surface area contributed by atoms with E-state index in [4.69, 9.17) is 9.47 Å². The molecule has 1 aromatic carbocycles. The minimum atomic E-state index is -0.385. The van der Waals surface area contributed by atoms with Gasteiger partial charge in [0, 0.05) is 21.0 Å². The molecule has 0 unspecified atom stereocenters. The Bertz CT molecular complexity index is 968. The number of carbonyl (C=O) groups excluding carboxylic acids is 2. The van der Waals surface area contributed by atoms with Crippen LogP contribution in [-0.4, -0.2) is 25.6 Å². The highest BCUT2D eigenvalue weighted by Crippen LogP contribution is 2.39. The lowest BCUT2D eigenvalue weighted by molar-refractivity contribution is -0.111. The van der Waals surface area contributed by atoms with Gasteiger partial charge in [0.15, 0.2) is 0 Å². The number of hydrogen-bond acceptors (Lipinski definition) is 5. The van der Waals surface area contributed by atoms with E-state index in [-0.39, 0.29) is 11.9 Å². The van der Waals surface area contributed by atoms with Crippen molar-refractivity contribution in [2.24, 2.45) is 0 Å². The Hall–Kier alpha value is -1.64. The summed E-state index contributed by atoms with van der Waals surface area (Å²) in [4.78, 5) is 26.7. The normalized spacial score (nSPS) is 13.2. The van der Waals surface area contributed by atoms with E-state index in [1.807, 2.05) is 12.1 Å². The lowest BCUT2D eigenvalue weighted by atomic mass is 9.97. The van der Waals surface area contributed by atoms with Crippen molar-refractivity contribution in [3.8, 4) is 5.75 Å². The summed E-state index contributed by atoms with van der Waals surface area (Å²) in [5.74, 6) is -0.0546. The van der Waals surface area contributed by atoms with Gasteiger partial charge in [-0.1, -0.05) is 15.9 Å². The van der Waals surface area contributed by atoms with Crippen molar-refractivity contribution in [1.29, 1.82) is 0 Å². The van der Waals surface area contributed by atoms with Crippen molar-refractivity contribution in [1.82, 2.24) is 0 Å². The summed E-state index contributed by atoms with van der Waals surface area (Å²) >= 11 is 8.33. The molecule has 0 saturated heterocycles. The summed E-state index contributed by atoms with van der Waals surface area (Å²) in [7, 11) is 1.58. The number of nitrogens with one attached hydrogen (secondary N) is 1. The SMILES string of the molecule is CCOC(=O)c1sc2c(c1NC(=O)/C=C\c1cc(Br)cc(Br)c1OC)CCCC2. The van der Waals surface area contributed by atoms with E-state index in [0.29, 0.717) is 22.9 Å². The van der Waals surface area contributed by atoms with Gasteiger partial charge >= 0.3 is 5.97 Å². The minimum absolute atomic E-state index is 0.298. The molecule has 0 bridgehead atoms. The molecule has 29 heavy (non-hydrogen) atoms. The predicted molar refractivity (Wildman–Crippen MR) is 123 cm³/mol. The standard InChI is InChI=1S/C21H21Br2NO4S/c1-3-28-21(26)20-18(14-6-4-5-7-16(14)29-20)24-17(25)9-8-12-10-13(22)11-15(23)19(12)27-2/h8-11H,3-7H2,1-2H3,(H,24,25)/b9-8-. The molecular weight excluding hydrogens is 522 g/mol. The van der Waals surface area contributed by atoms with E-state index in [1.165, 1.54) is 17.4 Å². The number of ether oxygens (including phenoxy) is 2. The fraction of sp³-hybridized carbons (Fsp3) is 0.333. The third kappa shape index (κ3) is 5.10. The average molecular weight is 543 g/mol. The van der Waals surface area contributed by atoms with Gasteiger partial charge in [0.05, 0.1) is 23.9 Å². The number of benzene rings is 1. The second kappa shape index (κ2) is 9.91. The third-order valence-corrected chi connectivity index (χ3v) is 6.85. The zero-order chi connectivity index (χ0) is 21.0. The highest BCUT2D eigenvalue weighted by molar-refractivity contribution is 9.11. The Balaban J connectivity index is 1.87. The Morgan fingerprint density at radius 3 is 2.72 bits per heavy atom. The first-order chi connectivity index (χ1) is 13.9. The van der Waals surface area contributed by atoms with Crippen LogP contribution in [0.15, 0.2) is 27.2 Å². The van der Waals surface area contributed by atoms with Crippen LogP contribution >= 0.6 is 43.2 Å². The molecule has 1 amide bonds. The van der Waals surface area contributed by atoms with Crippen LogP contribution in [0, 0.1) is 0 Å². The zero-order valence-corrected chi connectivity index (χ0v) is 20.1. The van der Waals surface area contributed by atoms with Crippen LogP contribution in [0.3, 0.4) is 0 Å². The molecule has 1 heterocycles. The number of amides is 1. The molecule has 0 radical (unpaired) electrons. The Labute approximate surface area is 190 Å². The van der Waals surface area contributed by atoms with Crippen LogP contribution in [0.5, 0.6) is 5.75 Å². The van der Waals surface area contributed by atoms with E-state index in [0.717, 1.165) is 50.6 Å². The quantitative estimate of drug-likeness (QED) is 0.359. The number of methoxy groups -OCH3 is 1. The number of halogens is 2. The molecule has 0 fully saturated rings. The van der Waals surface area contributed by atoms with Crippen molar-refractivity contribution in [3.63, 3.8) is 0 Å². The fourth-order valence-corrected chi connectivity index (χ4v) is 5.95. The summed E-state index contributed by atoms with van der Waals surface area (Å²) in [6, 6.07) is 3.74. The number of aryl methyl sites for hydroxylation is 1. The van der Waals surface area contributed by atoms with Crippen LogP contribution in [0.1, 0.15) is 45.4 Å².